The summed E-state index contributed by atoms with van der Waals surface area (Å²) in [6, 6.07) is 0.978. The molecule has 1 aromatic rings. The number of rotatable bonds is 3. The number of ether oxygens (including phenoxy) is 1. The fraction of sp³-hybridized carbons (Fsp3) is 0.167. The highest BCUT2D eigenvalue weighted by Gasteiger charge is 2.22. The maximum absolute atomic E-state index is 10.4. The van der Waals surface area contributed by atoms with Gasteiger partial charge in [-0.3, -0.25) is 10.1 Å². The van der Waals surface area contributed by atoms with E-state index in [0.29, 0.717) is 0 Å². The number of hydrogen-bond acceptors (Lipinski definition) is 5. The highest BCUT2D eigenvalue weighted by molar-refractivity contribution is 7.16. The number of carbonyl (C=O) groups is 1. The summed E-state index contributed by atoms with van der Waals surface area (Å²) < 4.78 is 4.65. The van der Waals surface area contributed by atoms with E-state index in [1.807, 2.05) is 0 Å². The Morgan fingerprint density at radius 1 is 1.77 bits per heavy atom. The van der Waals surface area contributed by atoms with Crippen molar-refractivity contribution in [3.8, 4) is 5.06 Å². The van der Waals surface area contributed by atoms with Gasteiger partial charge in [-0.1, -0.05) is 11.3 Å². The lowest BCUT2D eigenvalue weighted by atomic mass is 10.4. The van der Waals surface area contributed by atoms with Crippen LogP contribution in [0, 0.1) is 10.1 Å². The summed E-state index contributed by atoms with van der Waals surface area (Å²) in [5.74, 6) is -1.20. The van der Waals surface area contributed by atoms with Crippen LogP contribution in [-0.4, -0.2) is 23.1 Å². The molecule has 1 rings (SSSR count). The van der Waals surface area contributed by atoms with Crippen LogP contribution in [0.5, 0.6) is 5.06 Å². The third-order valence-corrected chi connectivity index (χ3v) is 2.35. The predicted octanol–water partition coefficient (Wildman–Crippen LogP) is 1.36. The van der Waals surface area contributed by atoms with E-state index in [-0.39, 0.29) is 15.6 Å². The van der Waals surface area contributed by atoms with Crippen LogP contribution in [0.3, 0.4) is 0 Å². The fourth-order valence-corrected chi connectivity index (χ4v) is 1.52. The molecule has 13 heavy (non-hydrogen) atoms. The molecule has 0 saturated heterocycles. The molecular weight excluding hydrogens is 198 g/mol. The monoisotopic (exact) mass is 203 g/mol. The van der Waals surface area contributed by atoms with Crippen LogP contribution in [0.15, 0.2) is 6.07 Å². The van der Waals surface area contributed by atoms with Gasteiger partial charge < -0.3 is 9.84 Å². The van der Waals surface area contributed by atoms with Gasteiger partial charge in [0.05, 0.1) is 12.0 Å². The lowest BCUT2D eigenvalue weighted by molar-refractivity contribution is -0.385. The molecule has 7 heteroatoms. The molecule has 0 spiro atoms. The first-order valence-corrected chi connectivity index (χ1v) is 3.93. The molecule has 0 atom stereocenters. The van der Waals surface area contributed by atoms with E-state index in [1.165, 1.54) is 7.11 Å². The van der Waals surface area contributed by atoms with E-state index in [9.17, 15) is 14.9 Å². The Morgan fingerprint density at radius 2 is 2.38 bits per heavy atom. The third-order valence-electron chi connectivity index (χ3n) is 1.27. The summed E-state index contributed by atoms with van der Waals surface area (Å²) in [6.45, 7) is 0. The Labute approximate surface area is 76.5 Å². The zero-order valence-corrected chi connectivity index (χ0v) is 7.33. The summed E-state index contributed by atoms with van der Waals surface area (Å²) in [5.41, 5.74) is -0.315. The Kier molecular flexibility index (Phi) is 2.47. The van der Waals surface area contributed by atoms with Gasteiger partial charge in [0.2, 0.25) is 0 Å². The largest absolute Gasteiger partial charge is 0.482 e. The molecule has 0 aromatic carbocycles. The average Bonchev–Trinajstić information content (AvgIpc) is 2.47. The number of nitro groups is 1. The van der Waals surface area contributed by atoms with Crippen LogP contribution in [0.2, 0.25) is 0 Å². The van der Waals surface area contributed by atoms with E-state index < -0.39 is 10.9 Å². The standard InChI is InChI=1S/C6H5NO5S/c1-12-6-3(7(10)11)2-4(13-6)5(8)9/h2H,1H3,(H,8,9). The molecule has 1 aromatic heterocycles. The quantitative estimate of drug-likeness (QED) is 0.591. The first-order valence-electron chi connectivity index (χ1n) is 3.11. The van der Waals surface area contributed by atoms with Gasteiger partial charge in [-0.15, -0.1) is 0 Å². The molecule has 70 valence electrons. The second kappa shape index (κ2) is 3.40. The van der Waals surface area contributed by atoms with Crippen molar-refractivity contribution < 1.29 is 19.6 Å². The number of methoxy groups -OCH3 is 1. The number of thiophene rings is 1. The summed E-state index contributed by atoms with van der Waals surface area (Å²) in [4.78, 5) is 20.0. The van der Waals surface area contributed by atoms with Crippen molar-refractivity contribution >= 4 is 23.0 Å². The molecule has 1 heterocycles. The zero-order chi connectivity index (χ0) is 10.0. The summed E-state index contributed by atoms with van der Waals surface area (Å²) in [7, 11) is 1.25. The molecule has 0 aliphatic rings. The van der Waals surface area contributed by atoms with Crippen molar-refractivity contribution in [2.75, 3.05) is 7.11 Å². The lowest BCUT2D eigenvalue weighted by Gasteiger charge is -1.91. The van der Waals surface area contributed by atoms with Crippen LogP contribution in [0.1, 0.15) is 9.67 Å². The molecule has 0 aliphatic carbocycles. The lowest BCUT2D eigenvalue weighted by Crippen LogP contribution is -1.91. The highest BCUT2D eigenvalue weighted by Crippen LogP contribution is 2.36. The molecule has 6 nitrogen and oxygen atoms in total. The first-order chi connectivity index (χ1) is 6.06. The SMILES string of the molecule is COc1sc(C(=O)O)cc1[N+](=O)[O-]. The van der Waals surface area contributed by atoms with E-state index in [0.717, 1.165) is 17.4 Å². The Hall–Kier alpha value is -1.63. The van der Waals surface area contributed by atoms with Crippen molar-refractivity contribution in [3.05, 3.63) is 21.1 Å². The van der Waals surface area contributed by atoms with Crippen LogP contribution in [0.4, 0.5) is 5.69 Å². The van der Waals surface area contributed by atoms with Crippen LogP contribution in [0.25, 0.3) is 0 Å². The number of carboxylic acid groups (broad SMARTS) is 1. The molecule has 1 N–H and O–H groups in total. The van der Waals surface area contributed by atoms with Crippen molar-refractivity contribution in [1.29, 1.82) is 0 Å². The molecule has 0 aliphatic heterocycles. The zero-order valence-electron chi connectivity index (χ0n) is 6.51. The van der Waals surface area contributed by atoms with Crippen molar-refractivity contribution in [2.24, 2.45) is 0 Å². The summed E-state index contributed by atoms with van der Waals surface area (Å²) in [5, 5.41) is 18.9. The second-order valence-corrected chi connectivity index (χ2v) is 3.06. The van der Waals surface area contributed by atoms with Crippen molar-refractivity contribution in [1.82, 2.24) is 0 Å². The van der Waals surface area contributed by atoms with Gasteiger partial charge in [-0.2, -0.15) is 0 Å². The average molecular weight is 203 g/mol. The van der Waals surface area contributed by atoms with Gasteiger partial charge in [0.25, 0.3) is 5.06 Å². The van der Waals surface area contributed by atoms with Crippen LogP contribution < -0.4 is 4.74 Å². The van der Waals surface area contributed by atoms with Gasteiger partial charge in [0.1, 0.15) is 4.88 Å². The topological polar surface area (TPSA) is 89.7 Å². The molecule has 0 radical (unpaired) electrons. The van der Waals surface area contributed by atoms with Crippen LogP contribution in [-0.2, 0) is 0 Å². The molecule has 0 fully saturated rings. The first kappa shape index (κ1) is 9.46. The molecule has 0 bridgehead atoms. The minimum atomic E-state index is -1.20. The minimum Gasteiger partial charge on any atom is -0.482 e. The number of carboxylic acids is 1. The molecular formula is C6H5NO5S. The third kappa shape index (κ3) is 1.75. The Morgan fingerprint density at radius 3 is 2.69 bits per heavy atom. The smallest absolute Gasteiger partial charge is 0.346 e. The molecule has 0 amide bonds. The van der Waals surface area contributed by atoms with Crippen molar-refractivity contribution in [2.45, 2.75) is 0 Å². The summed E-state index contributed by atoms with van der Waals surface area (Å²) >= 11 is 0.732. The van der Waals surface area contributed by atoms with Gasteiger partial charge in [-0.25, -0.2) is 4.79 Å². The van der Waals surface area contributed by atoms with Gasteiger partial charge in [0.15, 0.2) is 0 Å². The normalized spacial score (nSPS) is 9.62. The van der Waals surface area contributed by atoms with E-state index in [1.54, 1.807) is 0 Å². The van der Waals surface area contributed by atoms with E-state index in [2.05, 4.69) is 4.74 Å². The van der Waals surface area contributed by atoms with E-state index in [4.69, 9.17) is 5.11 Å². The van der Waals surface area contributed by atoms with Crippen molar-refractivity contribution in [3.63, 3.8) is 0 Å². The molecule has 0 saturated carbocycles. The van der Waals surface area contributed by atoms with Gasteiger partial charge >= 0.3 is 11.7 Å². The second-order valence-electron chi connectivity index (χ2n) is 2.05. The van der Waals surface area contributed by atoms with E-state index >= 15 is 0 Å². The Bertz CT molecular complexity index is 358. The fourth-order valence-electron chi connectivity index (χ4n) is 0.744. The predicted molar refractivity (Wildman–Crippen MR) is 44.5 cm³/mol. The minimum absolute atomic E-state index is 0.00222. The maximum atomic E-state index is 10.4. The van der Waals surface area contributed by atoms with Crippen LogP contribution >= 0.6 is 11.3 Å². The maximum Gasteiger partial charge on any atom is 0.346 e. The van der Waals surface area contributed by atoms with Gasteiger partial charge in [0, 0.05) is 6.07 Å². The van der Waals surface area contributed by atoms with Gasteiger partial charge in [-0.05, 0) is 0 Å². The Balaban J connectivity index is 3.19. The number of hydrogen-bond donors (Lipinski definition) is 1. The number of nitrogens with zero attached hydrogens (tertiary/aromatic N) is 1. The number of aromatic carboxylic acids is 1. The molecule has 0 unspecified atom stereocenters. The highest BCUT2D eigenvalue weighted by atomic mass is 32.1. The summed E-state index contributed by atoms with van der Waals surface area (Å²) in [6.07, 6.45) is 0.